The molecule has 0 bridgehead atoms. The molecule has 0 spiro atoms. The average molecular weight is 342 g/mol. The number of hydrogen-bond donors (Lipinski definition) is 0. The van der Waals surface area contributed by atoms with Crippen LogP contribution in [0.15, 0.2) is 42.5 Å². The molecule has 2 aromatic rings. The molecule has 1 fully saturated rings. The van der Waals surface area contributed by atoms with Gasteiger partial charge in [-0.3, -0.25) is 0 Å². The Hall–Kier alpha value is -1.70. The van der Waals surface area contributed by atoms with Gasteiger partial charge in [-0.25, -0.2) is 8.78 Å². The lowest BCUT2D eigenvalue weighted by Crippen LogP contribution is -2.13. The zero-order chi connectivity index (χ0) is 17.6. The van der Waals surface area contributed by atoms with E-state index in [4.69, 9.17) is 0 Å². The van der Waals surface area contributed by atoms with Crippen molar-refractivity contribution in [2.45, 2.75) is 64.2 Å². The van der Waals surface area contributed by atoms with E-state index in [2.05, 4.69) is 19.1 Å². The van der Waals surface area contributed by atoms with E-state index >= 15 is 0 Å². The maximum Gasteiger partial charge on any atom is 0.166 e. The molecule has 2 aromatic carbocycles. The summed E-state index contributed by atoms with van der Waals surface area (Å²) in [4.78, 5) is 0. The lowest BCUT2D eigenvalue weighted by molar-refractivity contribution is 0.303. The van der Waals surface area contributed by atoms with Gasteiger partial charge in [-0.05, 0) is 54.7 Å². The minimum atomic E-state index is -0.789. The summed E-state index contributed by atoms with van der Waals surface area (Å²) in [5, 5.41) is 0. The molecule has 0 amide bonds. The largest absolute Gasteiger partial charge is 0.204 e. The quantitative estimate of drug-likeness (QED) is 0.477. The molecule has 0 radical (unpaired) electrons. The molecule has 0 heterocycles. The van der Waals surface area contributed by atoms with Crippen LogP contribution >= 0.6 is 0 Å². The molecule has 0 atom stereocenters. The predicted octanol–water partition coefficient (Wildman–Crippen LogP) is 7.49. The first-order chi connectivity index (χ1) is 12.2. The van der Waals surface area contributed by atoms with Crippen LogP contribution in [0, 0.1) is 17.6 Å². The first-order valence-electron chi connectivity index (χ1n) is 9.73. The molecule has 3 rings (SSSR count). The maximum atomic E-state index is 13.9. The van der Waals surface area contributed by atoms with Crippen LogP contribution in [0.2, 0.25) is 0 Å². The van der Waals surface area contributed by atoms with Gasteiger partial charge in [0.2, 0.25) is 0 Å². The number of unbranched alkanes of at least 4 members (excludes halogenated alkanes) is 2. The van der Waals surface area contributed by atoms with Crippen LogP contribution in [-0.4, -0.2) is 0 Å². The van der Waals surface area contributed by atoms with E-state index in [1.807, 2.05) is 12.1 Å². The molecule has 0 aliphatic heterocycles. The fraction of sp³-hybridized carbons (Fsp3) is 0.478. The lowest BCUT2D eigenvalue weighted by atomic mass is 9.77. The van der Waals surface area contributed by atoms with Crippen molar-refractivity contribution in [1.82, 2.24) is 0 Å². The minimum absolute atomic E-state index is 0.339. The second-order valence-electron chi connectivity index (χ2n) is 7.44. The Morgan fingerprint density at radius 1 is 0.880 bits per heavy atom. The summed E-state index contributed by atoms with van der Waals surface area (Å²) in [6, 6.07) is 12.4. The van der Waals surface area contributed by atoms with Crippen molar-refractivity contribution in [3.05, 3.63) is 59.7 Å². The third kappa shape index (κ3) is 4.48. The Morgan fingerprint density at radius 2 is 1.60 bits per heavy atom. The Kier molecular flexibility index (Phi) is 6.23. The second-order valence-corrected chi connectivity index (χ2v) is 7.44. The van der Waals surface area contributed by atoms with Gasteiger partial charge in [0.1, 0.15) is 0 Å². The van der Waals surface area contributed by atoms with E-state index in [1.165, 1.54) is 56.9 Å². The van der Waals surface area contributed by atoms with Crippen molar-refractivity contribution < 1.29 is 8.78 Å². The normalized spacial score (nSPS) is 20.6. The smallest absolute Gasteiger partial charge is 0.166 e. The van der Waals surface area contributed by atoms with Crippen LogP contribution in [0.25, 0.3) is 11.1 Å². The van der Waals surface area contributed by atoms with Gasteiger partial charge >= 0.3 is 0 Å². The number of rotatable bonds is 6. The average Bonchev–Trinajstić information content (AvgIpc) is 2.65. The van der Waals surface area contributed by atoms with Crippen LogP contribution in [0.5, 0.6) is 0 Å². The zero-order valence-corrected chi connectivity index (χ0v) is 15.1. The third-order valence-corrected chi connectivity index (χ3v) is 5.71. The third-order valence-electron chi connectivity index (χ3n) is 5.71. The van der Waals surface area contributed by atoms with Crippen LogP contribution in [0.3, 0.4) is 0 Å². The van der Waals surface area contributed by atoms with Crippen LogP contribution in [-0.2, 0) is 0 Å². The lowest BCUT2D eigenvalue weighted by Gasteiger charge is -2.29. The highest BCUT2D eigenvalue weighted by Crippen LogP contribution is 2.38. The fourth-order valence-electron chi connectivity index (χ4n) is 4.13. The molecule has 0 aromatic heterocycles. The zero-order valence-electron chi connectivity index (χ0n) is 15.1. The Morgan fingerprint density at radius 3 is 2.28 bits per heavy atom. The van der Waals surface area contributed by atoms with Crippen molar-refractivity contribution in [3.8, 4) is 11.1 Å². The SMILES string of the molecule is CCCCC[C@H]1CC[C@H](c2ccc(-c3cccc(F)c3F)cc2)CC1. The summed E-state index contributed by atoms with van der Waals surface area (Å²) in [7, 11) is 0. The second kappa shape index (κ2) is 8.60. The topological polar surface area (TPSA) is 0 Å². The van der Waals surface area contributed by atoms with Crippen LogP contribution in [0.1, 0.15) is 69.8 Å². The number of benzene rings is 2. The van der Waals surface area contributed by atoms with Crippen molar-refractivity contribution in [3.63, 3.8) is 0 Å². The first-order valence-corrected chi connectivity index (χ1v) is 9.73. The number of hydrogen-bond acceptors (Lipinski definition) is 0. The molecule has 0 saturated heterocycles. The van der Waals surface area contributed by atoms with Crippen LogP contribution in [0.4, 0.5) is 8.78 Å². The van der Waals surface area contributed by atoms with Crippen molar-refractivity contribution in [2.75, 3.05) is 0 Å². The molecule has 0 nitrogen and oxygen atoms in total. The van der Waals surface area contributed by atoms with Crippen molar-refractivity contribution in [1.29, 1.82) is 0 Å². The maximum absolute atomic E-state index is 13.9. The summed E-state index contributed by atoms with van der Waals surface area (Å²) >= 11 is 0. The minimum Gasteiger partial charge on any atom is -0.204 e. The Labute approximate surface area is 150 Å². The highest BCUT2D eigenvalue weighted by atomic mass is 19.2. The molecule has 2 heteroatoms. The molecule has 0 N–H and O–H groups in total. The summed E-state index contributed by atoms with van der Waals surface area (Å²) in [5.41, 5.74) is 2.42. The van der Waals surface area contributed by atoms with Gasteiger partial charge in [0.05, 0.1) is 0 Å². The highest BCUT2D eigenvalue weighted by molar-refractivity contribution is 5.64. The van der Waals surface area contributed by atoms with E-state index in [-0.39, 0.29) is 0 Å². The van der Waals surface area contributed by atoms with E-state index in [9.17, 15) is 8.78 Å². The number of halogens is 2. The summed E-state index contributed by atoms with van der Waals surface area (Å²) in [6.07, 6.45) is 10.6. The van der Waals surface area contributed by atoms with Crippen molar-refractivity contribution >= 4 is 0 Å². The first kappa shape index (κ1) is 18.1. The summed E-state index contributed by atoms with van der Waals surface area (Å²) in [5.74, 6) is -0.0249. The molecule has 25 heavy (non-hydrogen) atoms. The van der Waals surface area contributed by atoms with Gasteiger partial charge in [-0.15, -0.1) is 0 Å². The molecule has 1 aliphatic rings. The van der Waals surface area contributed by atoms with Crippen LogP contribution < -0.4 is 0 Å². The summed E-state index contributed by atoms with van der Waals surface area (Å²) in [6.45, 7) is 2.26. The van der Waals surface area contributed by atoms with Gasteiger partial charge < -0.3 is 0 Å². The molecule has 1 aliphatic carbocycles. The monoisotopic (exact) mass is 342 g/mol. The Bertz CT molecular complexity index is 667. The molecule has 1 saturated carbocycles. The van der Waals surface area contributed by atoms with Gasteiger partial charge in [-0.2, -0.15) is 0 Å². The fourth-order valence-corrected chi connectivity index (χ4v) is 4.13. The molecule has 134 valence electrons. The molecule has 0 unspecified atom stereocenters. The van der Waals surface area contributed by atoms with Gasteiger partial charge in [0, 0.05) is 5.56 Å². The Balaban J connectivity index is 1.61. The van der Waals surface area contributed by atoms with Crippen molar-refractivity contribution in [2.24, 2.45) is 5.92 Å². The van der Waals surface area contributed by atoms with E-state index in [0.717, 1.165) is 17.5 Å². The van der Waals surface area contributed by atoms with Gasteiger partial charge in [-0.1, -0.05) is 69.0 Å². The molecular formula is C23H28F2. The van der Waals surface area contributed by atoms with E-state index < -0.39 is 11.6 Å². The summed E-state index contributed by atoms with van der Waals surface area (Å²) < 4.78 is 27.3. The van der Waals surface area contributed by atoms with Gasteiger partial charge in [0.25, 0.3) is 0 Å². The molecular weight excluding hydrogens is 314 g/mol. The van der Waals surface area contributed by atoms with E-state index in [0.29, 0.717) is 11.5 Å². The highest BCUT2D eigenvalue weighted by Gasteiger charge is 2.22. The van der Waals surface area contributed by atoms with Gasteiger partial charge in [0.15, 0.2) is 11.6 Å². The predicted molar refractivity (Wildman–Crippen MR) is 101 cm³/mol. The van der Waals surface area contributed by atoms with E-state index in [1.54, 1.807) is 12.1 Å². The standard InChI is InChI=1S/C23H28F2/c1-2-3-4-6-17-9-11-18(12-10-17)19-13-15-20(16-14-19)21-7-5-8-22(24)23(21)25/h5,7-8,13-18H,2-4,6,9-12H2,1H3/t17-,18-.